The molecule has 0 aliphatic carbocycles. The minimum Gasteiger partial charge on any atom is -0.363 e. The maximum atomic E-state index is 5.69. The normalized spacial score (nSPS) is 12.3. The van der Waals surface area contributed by atoms with Gasteiger partial charge in [0, 0.05) is 12.6 Å². The van der Waals surface area contributed by atoms with E-state index in [4.69, 9.17) is 12.2 Å². The van der Waals surface area contributed by atoms with Crippen molar-refractivity contribution in [1.82, 2.24) is 15.5 Å². The van der Waals surface area contributed by atoms with Crippen LogP contribution in [0.2, 0.25) is 0 Å². The van der Waals surface area contributed by atoms with Gasteiger partial charge in [-0.3, -0.25) is 0 Å². The summed E-state index contributed by atoms with van der Waals surface area (Å²) in [4.78, 5) is 2.23. The first kappa shape index (κ1) is 45.6. The predicted molar refractivity (Wildman–Crippen MR) is 219 cm³/mol. The number of rotatable bonds is 35. The third kappa shape index (κ3) is 38.9. The Balaban J connectivity index is 4.06. The Kier molecular flexibility index (Phi) is 37.9. The molecule has 274 valence electrons. The zero-order valence-corrected chi connectivity index (χ0v) is 32.9. The number of nitrogens with one attached hydrogen (secondary N) is 2. The molecule has 0 saturated carbocycles. The molecule has 0 spiro atoms. The van der Waals surface area contributed by atoms with Gasteiger partial charge in [0.05, 0.1) is 0 Å². The average molecular weight is 672 g/mol. The van der Waals surface area contributed by atoms with E-state index >= 15 is 0 Å². The van der Waals surface area contributed by atoms with E-state index in [2.05, 4.69) is 92.1 Å². The number of hydrogen-bond acceptors (Lipinski definition) is 2. The fourth-order valence-electron chi connectivity index (χ4n) is 5.88. The van der Waals surface area contributed by atoms with Crippen molar-refractivity contribution in [2.75, 3.05) is 27.2 Å². The maximum Gasteiger partial charge on any atom is 0.166 e. The van der Waals surface area contributed by atoms with E-state index in [1.54, 1.807) is 0 Å². The minimum absolute atomic E-state index is 0.514. The first-order valence-electron chi connectivity index (χ1n) is 20.4. The summed E-state index contributed by atoms with van der Waals surface area (Å²) in [7, 11) is 4.26. The van der Waals surface area contributed by atoms with Crippen LogP contribution in [-0.4, -0.2) is 43.2 Å². The Hall–Kier alpha value is -1.39. The van der Waals surface area contributed by atoms with Crippen molar-refractivity contribution in [2.24, 2.45) is 0 Å². The molecule has 0 unspecified atom stereocenters. The van der Waals surface area contributed by atoms with Crippen molar-refractivity contribution in [3.8, 4) is 0 Å². The molecule has 0 rings (SSSR count). The van der Waals surface area contributed by atoms with Crippen LogP contribution in [0.25, 0.3) is 0 Å². The second-order valence-electron chi connectivity index (χ2n) is 14.0. The van der Waals surface area contributed by atoms with Gasteiger partial charge in [0.15, 0.2) is 5.11 Å². The van der Waals surface area contributed by atoms with Gasteiger partial charge in [-0.25, -0.2) is 0 Å². The van der Waals surface area contributed by atoms with Crippen molar-refractivity contribution in [3.63, 3.8) is 0 Å². The first-order valence-corrected chi connectivity index (χ1v) is 20.8. The third-order valence-corrected chi connectivity index (χ3v) is 9.17. The lowest BCUT2D eigenvalue weighted by Gasteiger charge is -2.21. The molecule has 0 saturated heterocycles. The summed E-state index contributed by atoms with van der Waals surface area (Å²) < 4.78 is 0. The molecule has 0 fully saturated rings. The van der Waals surface area contributed by atoms with Gasteiger partial charge in [0.25, 0.3) is 0 Å². The second-order valence-corrected chi connectivity index (χ2v) is 14.4. The van der Waals surface area contributed by atoms with Crippen molar-refractivity contribution in [3.05, 3.63) is 48.6 Å². The number of nitrogens with zero attached hydrogens (tertiary/aromatic N) is 1. The van der Waals surface area contributed by atoms with Gasteiger partial charge in [-0.05, 0) is 116 Å². The highest BCUT2D eigenvalue weighted by atomic mass is 32.1. The van der Waals surface area contributed by atoms with Crippen molar-refractivity contribution >= 4 is 17.3 Å². The predicted octanol–water partition coefficient (Wildman–Crippen LogP) is 13.2. The smallest absolute Gasteiger partial charge is 0.166 e. The quantitative estimate of drug-likeness (QED) is 0.0398. The van der Waals surface area contributed by atoms with Gasteiger partial charge in [-0.2, -0.15) is 0 Å². The van der Waals surface area contributed by atoms with E-state index < -0.39 is 0 Å². The van der Waals surface area contributed by atoms with Gasteiger partial charge in [0.2, 0.25) is 0 Å². The van der Waals surface area contributed by atoms with E-state index in [-0.39, 0.29) is 0 Å². The molecule has 0 atom stereocenters. The van der Waals surface area contributed by atoms with E-state index in [0.717, 1.165) is 37.5 Å². The number of hydrogen-bond donors (Lipinski definition) is 2. The van der Waals surface area contributed by atoms with Gasteiger partial charge < -0.3 is 15.5 Å². The van der Waals surface area contributed by atoms with E-state index in [0.29, 0.717) is 6.04 Å². The van der Waals surface area contributed by atoms with Crippen LogP contribution < -0.4 is 10.6 Å². The number of unbranched alkanes of at least 4 members (excludes halogenated alkanes) is 18. The van der Waals surface area contributed by atoms with Gasteiger partial charge in [-0.15, -0.1) is 0 Å². The van der Waals surface area contributed by atoms with Crippen LogP contribution in [0.1, 0.15) is 187 Å². The standard InChI is InChI=1S/C43H81N3S/c1-5-7-9-11-13-15-17-19-21-23-25-27-29-31-33-35-38-42(45-43(47)44-40-37-41-46(3)4)39-36-34-32-30-28-26-24-22-20-18-16-14-12-10-8-6-2/h13-16,19-22,42H,5-12,17-18,23-41H2,1-4H3,(H2,44,45,47)/b15-13-,16-14-,21-19-,22-20-. The minimum atomic E-state index is 0.514. The average Bonchev–Trinajstić information content (AvgIpc) is 3.06. The molecule has 0 heterocycles. The lowest BCUT2D eigenvalue weighted by molar-refractivity contribution is 0.399. The molecule has 3 nitrogen and oxygen atoms in total. The molecule has 2 N–H and O–H groups in total. The summed E-state index contributed by atoms with van der Waals surface area (Å²) in [6.45, 7) is 6.59. The Bertz CT molecular complexity index is 706. The number of allylic oxidation sites excluding steroid dienone is 8. The highest BCUT2D eigenvalue weighted by molar-refractivity contribution is 7.80. The summed E-state index contributed by atoms with van der Waals surface area (Å²) in [5, 5.41) is 8.00. The Morgan fingerprint density at radius 1 is 0.511 bits per heavy atom. The lowest BCUT2D eigenvalue weighted by Crippen LogP contribution is -2.42. The molecule has 0 aromatic rings. The lowest BCUT2D eigenvalue weighted by atomic mass is 10.00. The summed E-state index contributed by atoms with van der Waals surface area (Å²) in [6, 6.07) is 0.514. The number of thiocarbonyl (C=S) groups is 1. The van der Waals surface area contributed by atoms with E-state index in [9.17, 15) is 0 Å². The molecule has 47 heavy (non-hydrogen) atoms. The zero-order chi connectivity index (χ0) is 34.3. The fourth-order valence-corrected chi connectivity index (χ4v) is 6.15. The molecule has 0 radical (unpaired) electrons. The molecule has 0 aliphatic heterocycles. The van der Waals surface area contributed by atoms with Crippen LogP contribution in [0.3, 0.4) is 0 Å². The Labute approximate surface area is 301 Å². The molecule has 0 bridgehead atoms. The van der Waals surface area contributed by atoms with Crippen LogP contribution >= 0.6 is 12.2 Å². The molecule has 0 aromatic heterocycles. The fraction of sp³-hybridized carbons (Fsp3) is 0.791. The summed E-state index contributed by atoms with van der Waals surface area (Å²) in [5.41, 5.74) is 0. The third-order valence-electron chi connectivity index (χ3n) is 8.91. The van der Waals surface area contributed by atoms with Crippen LogP contribution in [0.4, 0.5) is 0 Å². The Morgan fingerprint density at radius 3 is 1.30 bits per heavy atom. The summed E-state index contributed by atoms with van der Waals surface area (Å²) in [5.74, 6) is 0. The molecule has 0 aromatic carbocycles. The van der Waals surface area contributed by atoms with E-state index in [1.807, 2.05) is 0 Å². The largest absolute Gasteiger partial charge is 0.363 e. The SMILES string of the molecule is CCCCC/C=C\C/C=C\CCCCCCCCC(CCCCCCCC/C=C\C/C=C\CCCCC)NC(=S)NCCCN(C)C. The molecular weight excluding hydrogens is 591 g/mol. The monoisotopic (exact) mass is 672 g/mol. The highest BCUT2D eigenvalue weighted by Gasteiger charge is 2.10. The molecule has 0 amide bonds. The van der Waals surface area contributed by atoms with Crippen molar-refractivity contribution in [1.29, 1.82) is 0 Å². The Morgan fingerprint density at radius 2 is 0.894 bits per heavy atom. The van der Waals surface area contributed by atoms with Gasteiger partial charge in [-0.1, -0.05) is 152 Å². The van der Waals surface area contributed by atoms with Crippen LogP contribution in [0, 0.1) is 0 Å². The van der Waals surface area contributed by atoms with Crippen LogP contribution in [0.15, 0.2) is 48.6 Å². The van der Waals surface area contributed by atoms with Crippen molar-refractivity contribution < 1.29 is 0 Å². The van der Waals surface area contributed by atoms with Gasteiger partial charge >= 0.3 is 0 Å². The summed E-state index contributed by atoms with van der Waals surface area (Å²) in [6.07, 6.45) is 53.9. The maximum absolute atomic E-state index is 5.69. The zero-order valence-electron chi connectivity index (χ0n) is 32.1. The highest BCUT2D eigenvalue weighted by Crippen LogP contribution is 2.15. The molecule has 0 aliphatic rings. The first-order chi connectivity index (χ1) is 23.1. The van der Waals surface area contributed by atoms with Crippen LogP contribution in [0.5, 0.6) is 0 Å². The van der Waals surface area contributed by atoms with E-state index in [1.165, 1.54) is 154 Å². The van der Waals surface area contributed by atoms with Crippen molar-refractivity contribution in [2.45, 2.75) is 193 Å². The topological polar surface area (TPSA) is 27.3 Å². The molecule has 4 heteroatoms. The molecular formula is C43H81N3S. The summed E-state index contributed by atoms with van der Waals surface area (Å²) >= 11 is 5.69. The second kappa shape index (κ2) is 39.1. The van der Waals surface area contributed by atoms with Crippen LogP contribution in [-0.2, 0) is 0 Å². The van der Waals surface area contributed by atoms with Gasteiger partial charge in [0.1, 0.15) is 0 Å².